The number of likely N-dealkylation sites (tertiary alicyclic amines) is 1. The zero-order valence-electron chi connectivity index (χ0n) is 15.4. The maximum absolute atomic E-state index is 12.7. The second-order valence-corrected chi connectivity index (χ2v) is 6.67. The van der Waals surface area contributed by atoms with E-state index in [1.54, 1.807) is 54.6 Å². The van der Waals surface area contributed by atoms with Gasteiger partial charge in [-0.05, 0) is 43.2 Å². The fourth-order valence-corrected chi connectivity index (χ4v) is 3.37. The minimum Gasteiger partial charge on any atom is -0.497 e. The van der Waals surface area contributed by atoms with Crippen LogP contribution >= 0.6 is 0 Å². The summed E-state index contributed by atoms with van der Waals surface area (Å²) in [4.78, 5) is 31.1. The quantitative estimate of drug-likeness (QED) is 0.747. The number of piperidine rings is 1. The summed E-state index contributed by atoms with van der Waals surface area (Å²) < 4.78 is 10.3. The van der Waals surface area contributed by atoms with Crippen LogP contribution in [0.5, 0.6) is 5.75 Å². The molecule has 3 aromatic rings. The Morgan fingerprint density at radius 2 is 2.04 bits per heavy atom. The normalized spacial score (nSPS) is 14.8. The lowest BCUT2D eigenvalue weighted by Crippen LogP contribution is -2.41. The molecule has 0 unspecified atom stereocenters. The average molecular weight is 380 g/mol. The van der Waals surface area contributed by atoms with E-state index in [0.29, 0.717) is 54.2 Å². The lowest BCUT2D eigenvalue weighted by atomic mass is 9.95. The number of hydrogen-bond acceptors (Lipinski definition) is 6. The zero-order chi connectivity index (χ0) is 19.5. The number of carbonyl (C=O) groups excluding carboxylic acids is 2. The summed E-state index contributed by atoms with van der Waals surface area (Å²) in [7, 11) is 1.57. The Bertz CT molecular complexity index is 1010. The Labute approximate surface area is 161 Å². The second kappa shape index (κ2) is 7.67. The first-order valence-corrected chi connectivity index (χ1v) is 9.10. The molecule has 1 N–H and O–H groups in total. The number of pyridine rings is 1. The van der Waals surface area contributed by atoms with E-state index in [-0.39, 0.29) is 17.7 Å². The molecule has 1 fully saturated rings. The highest BCUT2D eigenvalue weighted by Gasteiger charge is 2.28. The van der Waals surface area contributed by atoms with Crippen LogP contribution < -0.4 is 10.1 Å². The third-order valence-electron chi connectivity index (χ3n) is 4.96. The Balaban J connectivity index is 1.37. The number of nitrogens with one attached hydrogen (secondary N) is 1. The third-order valence-corrected chi connectivity index (χ3v) is 4.96. The number of carbonyl (C=O) groups is 2. The molecular formula is C20H20N4O4. The zero-order valence-corrected chi connectivity index (χ0v) is 15.4. The van der Waals surface area contributed by atoms with Gasteiger partial charge in [-0.1, -0.05) is 11.2 Å². The van der Waals surface area contributed by atoms with E-state index in [1.165, 1.54) is 0 Å². The van der Waals surface area contributed by atoms with Crippen LogP contribution in [0.3, 0.4) is 0 Å². The molecule has 144 valence electrons. The lowest BCUT2D eigenvalue weighted by Gasteiger charge is -2.31. The van der Waals surface area contributed by atoms with E-state index in [0.717, 1.165) is 0 Å². The van der Waals surface area contributed by atoms with Gasteiger partial charge >= 0.3 is 0 Å². The SMILES string of the molecule is COc1cccc(C(=O)N2CCC(C(=O)Nc3noc4ncccc34)CC2)c1. The van der Waals surface area contributed by atoms with Crippen molar-refractivity contribution >= 4 is 28.7 Å². The van der Waals surface area contributed by atoms with Gasteiger partial charge in [0.1, 0.15) is 5.75 Å². The topological polar surface area (TPSA) is 97.6 Å². The number of methoxy groups -OCH3 is 1. The highest BCUT2D eigenvalue weighted by Crippen LogP contribution is 2.24. The van der Waals surface area contributed by atoms with Gasteiger partial charge in [-0.25, -0.2) is 4.98 Å². The van der Waals surface area contributed by atoms with Crippen LogP contribution in [0.15, 0.2) is 47.1 Å². The van der Waals surface area contributed by atoms with Crippen molar-refractivity contribution in [1.82, 2.24) is 15.0 Å². The van der Waals surface area contributed by atoms with E-state index >= 15 is 0 Å². The first-order chi connectivity index (χ1) is 13.7. The number of amides is 2. The number of hydrogen-bond donors (Lipinski definition) is 1. The molecule has 4 rings (SSSR count). The van der Waals surface area contributed by atoms with Gasteiger partial charge in [0.25, 0.3) is 11.6 Å². The summed E-state index contributed by atoms with van der Waals surface area (Å²) in [6, 6.07) is 10.7. The highest BCUT2D eigenvalue weighted by atomic mass is 16.5. The number of aromatic nitrogens is 2. The Morgan fingerprint density at radius 1 is 1.21 bits per heavy atom. The van der Waals surface area contributed by atoms with E-state index in [2.05, 4.69) is 15.5 Å². The molecule has 1 aliphatic rings. The van der Waals surface area contributed by atoms with Crippen molar-refractivity contribution in [1.29, 1.82) is 0 Å². The number of rotatable bonds is 4. The fourth-order valence-electron chi connectivity index (χ4n) is 3.37. The van der Waals surface area contributed by atoms with E-state index in [4.69, 9.17) is 9.26 Å². The van der Waals surface area contributed by atoms with E-state index < -0.39 is 0 Å². The van der Waals surface area contributed by atoms with Gasteiger partial charge in [-0.2, -0.15) is 0 Å². The van der Waals surface area contributed by atoms with Crippen molar-refractivity contribution in [2.45, 2.75) is 12.8 Å². The molecule has 1 saturated heterocycles. The van der Waals surface area contributed by atoms with Crippen LogP contribution in [0.25, 0.3) is 11.1 Å². The monoisotopic (exact) mass is 380 g/mol. The van der Waals surface area contributed by atoms with Gasteiger partial charge < -0.3 is 19.5 Å². The predicted octanol–water partition coefficient (Wildman–Crippen LogP) is 2.72. The van der Waals surface area contributed by atoms with Crippen molar-refractivity contribution in [3.63, 3.8) is 0 Å². The molecule has 2 aromatic heterocycles. The van der Waals surface area contributed by atoms with Crippen LogP contribution in [-0.4, -0.2) is 47.1 Å². The number of nitrogens with zero attached hydrogens (tertiary/aromatic N) is 3. The molecule has 3 heterocycles. The Hall–Kier alpha value is -3.42. The van der Waals surface area contributed by atoms with Crippen molar-refractivity contribution in [3.8, 4) is 5.75 Å². The van der Waals surface area contributed by atoms with Crippen LogP contribution in [-0.2, 0) is 4.79 Å². The summed E-state index contributed by atoms with van der Waals surface area (Å²) in [5, 5.41) is 7.37. The summed E-state index contributed by atoms with van der Waals surface area (Å²) >= 11 is 0. The molecule has 0 atom stereocenters. The highest BCUT2D eigenvalue weighted by molar-refractivity contribution is 5.99. The number of ether oxygens (including phenoxy) is 1. The van der Waals surface area contributed by atoms with E-state index in [9.17, 15) is 9.59 Å². The molecule has 0 radical (unpaired) electrons. The number of benzene rings is 1. The summed E-state index contributed by atoms with van der Waals surface area (Å²) in [6.07, 6.45) is 2.79. The minimum atomic E-state index is -0.183. The van der Waals surface area contributed by atoms with Gasteiger partial charge in [0.2, 0.25) is 5.91 Å². The Morgan fingerprint density at radius 3 is 2.82 bits per heavy atom. The predicted molar refractivity (Wildman–Crippen MR) is 102 cm³/mol. The summed E-state index contributed by atoms with van der Waals surface area (Å²) in [5.74, 6) is 0.675. The molecular weight excluding hydrogens is 360 g/mol. The Kier molecular flexibility index (Phi) is 4.92. The van der Waals surface area contributed by atoms with Crippen LogP contribution in [0.2, 0.25) is 0 Å². The third kappa shape index (κ3) is 3.53. The molecule has 0 saturated carbocycles. The number of anilines is 1. The maximum atomic E-state index is 12.7. The van der Waals surface area contributed by atoms with Crippen molar-refractivity contribution in [2.24, 2.45) is 5.92 Å². The molecule has 0 spiro atoms. The first kappa shape index (κ1) is 18.0. The van der Waals surface area contributed by atoms with Crippen molar-refractivity contribution < 1.29 is 18.8 Å². The largest absolute Gasteiger partial charge is 0.497 e. The summed E-state index contributed by atoms with van der Waals surface area (Å²) in [5.41, 5.74) is 0.973. The molecule has 8 heteroatoms. The van der Waals surface area contributed by atoms with Crippen LogP contribution in [0.1, 0.15) is 23.2 Å². The van der Waals surface area contributed by atoms with Gasteiger partial charge in [0.05, 0.1) is 12.5 Å². The standard InChI is InChI=1S/C20H20N4O4/c1-27-15-5-2-4-14(12-15)20(26)24-10-7-13(8-11-24)18(25)22-17-16-6-3-9-21-19(16)28-23-17/h2-6,9,12-13H,7-8,10-11H2,1H3,(H,22,23,25). The maximum Gasteiger partial charge on any atom is 0.259 e. The second-order valence-electron chi connectivity index (χ2n) is 6.67. The van der Waals surface area contributed by atoms with Gasteiger partial charge in [-0.3, -0.25) is 9.59 Å². The van der Waals surface area contributed by atoms with Gasteiger partial charge in [-0.15, -0.1) is 0 Å². The molecule has 0 aliphatic carbocycles. The molecule has 8 nitrogen and oxygen atoms in total. The number of fused-ring (bicyclic) bond motifs is 1. The van der Waals surface area contributed by atoms with Crippen LogP contribution in [0.4, 0.5) is 5.82 Å². The fraction of sp³-hybridized carbons (Fsp3) is 0.300. The average Bonchev–Trinajstić information content (AvgIpc) is 3.16. The van der Waals surface area contributed by atoms with Crippen molar-refractivity contribution in [3.05, 3.63) is 48.2 Å². The van der Waals surface area contributed by atoms with E-state index in [1.807, 2.05) is 0 Å². The van der Waals surface area contributed by atoms with Gasteiger partial charge in [0.15, 0.2) is 5.82 Å². The molecule has 28 heavy (non-hydrogen) atoms. The lowest BCUT2D eigenvalue weighted by molar-refractivity contribution is -0.121. The smallest absolute Gasteiger partial charge is 0.259 e. The van der Waals surface area contributed by atoms with Crippen molar-refractivity contribution in [2.75, 3.05) is 25.5 Å². The van der Waals surface area contributed by atoms with Crippen LogP contribution in [0, 0.1) is 5.92 Å². The molecule has 0 bridgehead atoms. The minimum absolute atomic E-state index is 0.0497. The molecule has 2 amide bonds. The molecule has 1 aromatic carbocycles. The first-order valence-electron chi connectivity index (χ1n) is 9.10. The van der Waals surface area contributed by atoms with Gasteiger partial charge in [0, 0.05) is 30.8 Å². The summed E-state index contributed by atoms with van der Waals surface area (Å²) in [6.45, 7) is 1.05. The molecule has 1 aliphatic heterocycles.